The van der Waals surface area contributed by atoms with Gasteiger partial charge in [0.05, 0.1) is 13.2 Å². The molecule has 6 nitrogen and oxygen atoms in total. The first-order chi connectivity index (χ1) is 7.33. The molecule has 0 atom stereocenters. The third-order valence-electron chi connectivity index (χ3n) is 1.63. The molecule has 2 N–H and O–H groups in total. The molecule has 0 heterocycles. The smallest absolute Gasteiger partial charge is 0.462 e. The first-order valence-corrected chi connectivity index (χ1v) is 6.38. The van der Waals surface area contributed by atoms with E-state index in [1.165, 1.54) is 0 Å². The van der Waals surface area contributed by atoms with E-state index in [9.17, 15) is 9.36 Å². The number of unbranched alkanes of at least 4 members (excludes halogenated alkanes) is 2. The summed E-state index contributed by atoms with van der Waals surface area (Å²) in [5.74, 6) is -0.425. The van der Waals surface area contributed by atoms with Crippen molar-refractivity contribution >= 4 is 13.8 Å². The molecule has 0 unspecified atom stereocenters. The first-order valence-electron chi connectivity index (χ1n) is 4.85. The topological polar surface area (TPSA) is 93.1 Å². The minimum absolute atomic E-state index is 0.00128. The van der Waals surface area contributed by atoms with Crippen molar-refractivity contribution in [2.24, 2.45) is 0 Å². The fourth-order valence-corrected chi connectivity index (χ4v) is 1.22. The Bertz CT molecular complexity index is 282. The van der Waals surface area contributed by atoms with Crippen molar-refractivity contribution in [2.45, 2.75) is 26.2 Å². The van der Waals surface area contributed by atoms with Gasteiger partial charge in [0.1, 0.15) is 0 Å². The van der Waals surface area contributed by atoms with Crippen LogP contribution in [0.2, 0.25) is 0 Å². The molecular weight excluding hydrogens is 235 g/mol. The van der Waals surface area contributed by atoms with Gasteiger partial charge in [0, 0.05) is 5.57 Å². The third-order valence-corrected chi connectivity index (χ3v) is 2.15. The molecule has 0 rings (SSSR count). The van der Waals surface area contributed by atoms with Crippen LogP contribution in [0, 0.1) is 0 Å². The first kappa shape index (κ1) is 15.3. The monoisotopic (exact) mass is 252 g/mol. The number of phosphoric acid groups is 1. The summed E-state index contributed by atoms with van der Waals surface area (Å²) in [6.45, 7) is 5.27. The average molecular weight is 252 g/mol. The number of ether oxygens (including phenoxy) is 1. The molecule has 0 saturated heterocycles. The lowest BCUT2D eigenvalue weighted by molar-refractivity contribution is -0.139. The minimum Gasteiger partial charge on any atom is -0.462 e. The molecule has 0 amide bonds. The van der Waals surface area contributed by atoms with Gasteiger partial charge in [-0.05, 0) is 26.2 Å². The highest BCUT2D eigenvalue weighted by Gasteiger charge is 2.12. The van der Waals surface area contributed by atoms with Crippen LogP contribution in [0.15, 0.2) is 12.2 Å². The average Bonchev–Trinajstić information content (AvgIpc) is 2.14. The van der Waals surface area contributed by atoms with E-state index in [1.807, 2.05) is 0 Å². The van der Waals surface area contributed by atoms with Crippen molar-refractivity contribution in [3.63, 3.8) is 0 Å². The highest BCUT2D eigenvalue weighted by molar-refractivity contribution is 7.46. The summed E-state index contributed by atoms with van der Waals surface area (Å²) in [5.41, 5.74) is 0.352. The van der Waals surface area contributed by atoms with Crippen molar-refractivity contribution in [2.75, 3.05) is 13.2 Å². The molecule has 0 aromatic rings. The lowest BCUT2D eigenvalue weighted by atomic mass is 10.2. The highest BCUT2D eigenvalue weighted by atomic mass is 31.2. The van der Waals surface area contributed by atoms with E-state index in [2.05, 4.69) is 11.1 Å². The zero-order chi connectivity index (χ0) is 12.6. The third kappa shape index (κ3) is 9.86. The van der Waals surface area contributed by atoms with Crippen molar-refractivity contribution < 1.29 is 28.4 Å². The van der Waals surface area contributed by atoms with Crippen LogP contribution in [0.3, 0.4) is 0 Å². The second-order valence-electron chi connectivity index (χ2n) is 3.30. The molecule has 0 spiro atoms. The maximum atomic E-state index is 10.9. The summed E-state index contributed by atoms with van der Waals surface area (Å²) in [5, 5.41) is 0. The number of phosphoric ester groups is 1. The number of carbonyl (C=O) groups excluding carboxylic acids is 1. The van der Waals surface area contributed by atoms with Gasteiger partial charge in [-0.2, -0.15) is 0 Å². The van der Waals surface area contributed by atoms with Crippen LogP contribution >= 0.6 is 7.82 Å². The van der Waals surface area contributed by atoms with E-state index in [0.717, 1.165) is 0 Å². The zero-order valence-corrected chi connectivity index (χ0v) is 10.1. The summed E-state index contributed by atoms with van der Waals surface area (Å²) in [6.07, 6.45) is 1.81. The molecule has 94 valence electrons. The highest BCUT2D eigenvalue weighted by Crippen LogP contribution is 2.35. The van der Waals surface area contributed by atoms with E-state index in [0.29, 0.717) is 24.8 Å². The Morgan fingerprint density at radius 2 is 1.81 bits per heavy atom. The molecule has 0 aliphatic carbocycles. The summed E-state index contributed by atoms with van der Waals surface area (Å²) in [6, 6.07) is 0. The minimum atomic E-state index is -4.35. The quantitative estimate of drug-likeness (QED) is 0.293. The molecule has 0 aromatic heterocycles. The van der Waals surface area contributed by atoms with Crippen LogP contribution < -0.4 is 0 Å². The fourth-order valence-electron chi connectivity index (χ4n) is 0.852. The number of hydrogen-bond acceptors (Lipinski definition) is 4. The van der Waals surface area contributed by atoms with E-state index in [4.69, 9.17) is 14.5 Å². The Balaban J connectivity index is 3.32. The Kier molecular flexibility index (Phi) is 7.25. The normalized spacial score (nSPS) is 11.2. The van der Waals surface area contributed by atoms with Gasteiger partial charge in [-0.25, -0.2) is 9.36 Å². The second kappa shape index (κ2) is 7.57. The van der Waals surface area contributed by atoms with Gasteiger partial charge in [0.25, 0.3) is 0 Å². The maximum absolute atomic E-state index is 10.9. The molecular formula is C9H17O6P. The molecule has 0 saturated carbocycles. The Hall–Kier alpha value is -0.680. The predicted octanol–water partition coefficient (Wildman–Crippen LogP) is 1.39. The van der Waals surface area contributed by atoms with E-state index in [-0.39, 0.29) is 13.2 Å². The van der Waals surface area contributed by atoms with E-state index >= 15 is 0 Å². The zero-order valence-electron chi connectivity index (χ0n) is 9.22. The molecule has 0 aromatic carbocycles. The molecule has 0 bridgehead atoms. The van der Waals surface area contributed by atoms with Gasteiger partial charge in [0.2, 0.25) is 0 Å². The van der Waals surface area contributed by atoms with Crippen LogP contribution in [-0.2, 0) is 18.6 Å². The largest absolute Gasteiger partial charge is 0.469 e. The van der Waals surface area contributed by atoms with Crippen LogP contribution in [0.4, 0.5) is 0 Å². The predicted molar refractivity (Wildman–Crippen MR) is 57.6 cm³/mol. The second-order valence-corrected chi connectivity index (χ2v) is 4.54. The van der Waals surface area contributed by atoms with Gasteiger partial charge >= 0.3 is 13.8 Å². The maximum Gasteiger partial charge on any atom is 0.469 e. The molecule has 16 heavy (non-hydrogen) atoms. The number of hydrogen-bond donors (Lipinski definition) is 2. The van der Waals surface area contributed by atoms with Gasteiger partial charge in [-0.1, -0.05) is 6.58 Å². The summed E-state index contributed by atoms with van der Waals surface area (Å²) in [7, 11) is -4.35. The lowest BCUT2D eigenvalue weighted by Crippen LogP contribution is -2.06. The molecule has 0 fully saturated rings. The van der Waals surface area contributed by atoms with E-state index in [1.54, 1.807) is 6.92 Å². The fraction of sp³-hybridized carbons (Fsp3) is 0.667. The molecule has 0 radical (unpaired) electrons. The number of esters is 1. The SMILES string of the molecule is C=C(C)C(=O)OCCCCCOP(=O)(O)O. The van der Waals surface area contributed by atoms with Crippen LogP contribution in [0.5, 0.6) is 0 Å². The molecule has 0 aliphatic rings. The van der Waals surface area contributed by atoms with Crippen LogP contribution in [0.25, 0.3) is 0 Å². The summed E-state index contributed by atoms with van der Waals surface area (Å²) >= 11 is 0. The summed E-state index contributed by atoms with van der Waals surface area (Å²) in [4.78, 5) is 27.6. The molecule has 7 heteroatoms. The van der Waals surface area contributed by atoms with Gasteiger partial charge in [0.15, 0.2) is 0 Å². The Morgan fingerprint density at radius 1 is 1.25 bits per heavy atom. The van der Waals surface area contributed by atoms with Crippen molar-refractivity contribution in [3.05, 3.63) is 12.2 Å². The number of carbonyl (C=O) groups is 1. The standard InChI is InChI=1S/C9H17O6P/c1-8(2)9(10)14-6-4-3-5-7-15-16(11,12)13/h1,3-7H2,2H3,(H2,11,12,13). The lowest BCUT2D eigenvalue weighted by Gasteiger charge is -2.05. The van der Waals surface area contributed by atoms with Gasteiger partial charge < -0.3 is 14.5 Å². The van der Waals surface area contributed by atoms with Gasteiger partial charge in [-0.3, -0.25) is 4.52 Å². The van der Waals surface area contributed by atoms with Crippen molar-refractivity contribution in [1.82, 2.24) is 0 Å². The van der Waals surface area contributed by atoms with Crippen LogP contribution in [-0.4, -0.2) is 29.0 Å². The van der Waals surface area contributed by atoms with Crippen molar-refractivity contribution in [1.29, 1.82) is 0 Å². The Morgan fingerprint density at radius 3 is 2.31 bits per heavy atom. The Labute approximate surface area is 94.5 Å². The summed E-state index contributed by atoms with van der Waals surface area (Å²) < 4.78 is 19.3. The van der Waals surface area contributed by atoms with Crippen LogP contribution in [0.1, 0.15) is 26.2 Å². The van der Waals surface area contributed by atoms with Gasteiger partial charge in [-0.15, -0.1) is 0 Å². The van der Waals surface area contributed by atoms with Crippen molar-refractivity contribution in [3.8, 4) is 0 Å². The molecule has 0 aliphatic heterocycles. The number of rotatable bonds is 8. The van der Waals surface area contributed by atoms with E-state index < -0.39 is 13.8 Å².